The molecule has 1 aromatic heterocycles. The van der Waals surface area contributed by atoms with Crippen molar-refractivity contribution in [2.24, 2.45) is 0 Å². The van der Waals surface area contributed by atoms with E-state index in [1.165, 1.54) is 11.8 Å². The van der Waals surface area contributed by atoms with Crippen molar-refractivity contribution >= 4 is 17.4 Å². The van der Waals surface area contributed by atoms with E-state index in [2.05, 4.69) is 10.3 Å². The Morgan fingerprint density at radius 2 is 2.00 bits per heavy atom. The van der Waals surface area contributed by atoms with Crippen LogP contribution in [0.5, 0.6) is 0 Å². The van der Waals surface area contributed by atoms with Crippen LogP contribution in [0.2, 0.25) is 0 Å². The number of likely N-dealkylation sites (tertiary alicyclic amines) is 1. The Kier molecular flexibility index (Phi) is 4.65. The van der Waals surface area contributed by atoms with Crippen LogP contribution < -0.4 is 5.32 Å². The molecule has 0 bridgehead atoms. The van der Waals surface area contributed by atoms with E-state index in [9.17, 15) is 14.9 Å². The molecule has 1 aromatic carbocycles. The average molecular weight is 340 g/mol. The maximum atomic E-state index is 12.6. The van der Waals surface area contributed by atoms with Crippen molar-refractivity contribution in [3.05, 3.63) is 63.3 Å². The van der Waals surface area contributed by atoms with Gasteiger partial charge in [0.2, 0.25) is 11.7 Å². The predicted octanol–water partition coefficient (Wildman–Crippen LogP) is 2.82. The molecule has 1 fully saturated rings. The minimum atomic E-state index is -0.488. The highest BCUT2D eigenvalue weighted by Gasteiger charge is 2.33. The number of anilines is 1. The van der Waals surface area contributed by atoms with Crippen molar-refractivity contribution in [1.82, 2.24) is 9.88 Å². The van der Waals surface area contributed by atoms with Gasteiger partial charge in [0.05, 0.1) is 4.92 Å². The largest absolute Gasteiger partial charge is 0.353 e. The fourth-order valence-electron chi connectivity index (χ4n) is 3.00. The minimum Gasteiger partial charge on any atom is -0.353 e. The maximum Gasteiger partial charge on any atom is 0.314 e. The molecule has 7 heteroatoms. The first-order valence-electron chi connectivity index (χ1n) is 8.16. The lowest BCUT2D eigenvalue weighted by Gasteiger charge is -2.17. The van der Waals surface area contributed by atoms with Crippen LogP contribution in [0.1, 0.15) is 23.1 Å². The summed E-state index contributed by atoms with van der Waals surface area (Å²) in [6.45, 7) is 4.84. The molecule has 1 atom stereocenters. The number of aryl methyl sites for hydroxylation is 2. The first-order valence-corrected chi connectivity index (χ1v) is 8.16. The number of benzene rings is 1. The van der Waals surface area contributed by atoms with Gasteiger partial charge in [-0.1, -0.05) is 29.8 Å². The number of nitro groups is 1. The van der Waals surface area contributed by atoms with E-state index in [0.29, 0.717) is 25.1 Å². The van der Waals surface area contributed by atoms with Crippen LogP contribution in [0.4, 0.5) is 11.5 Å². The number of carbonyl (C=O) groups excluding carboxylic acids is 1. The van der Waals surface area contributed by atoms with E-state index < -0.39 is 11.0 Å². The normalized spacial score (nSPS) is 17.0. The van der Waals surface area contributed by atoms with Crippen LogP contribution in [0.25, 0.3) is 0 Å². The molecule has 7 nitrogen and oxygen atoms in total. The molecule has 1 amide bonds. The van der Waals surface area contributed by atoms with Gasteiger partial charge < -0.3 is 10.2 Å². The topological polar surface area (TPSA) is 88.4 Å². The molecule has 3 rings (SSSR count). The van der Waals surface area contributed by atoms with Crippen LogP contribution in [0.15, 0.2) is 36.5 Å². The SMILES string of the molecule is Cc1ccc(CN2CCC(Nc3nccc(C)c3[N+](=O)[O-])C2=O)cc1. The molecular weight excluding hydrogens is 320 g/mol. The summed E-state index contributed by atoms with van der Waals surface area (Å²) in [5, 5.41) is 14.2. The molecule has 0 aliphatic carbocycles. The van der Waals surface area contributed by atoms with E-state index in [1.807, 2.05) is 31.2 Å². The van der Waals surface area contributed by atoms with Crippen molar-refractivity contribution in [3.63, 3.8) is 0 Å². The summed E-state index contributed by atoms with van der Waals surface area (Å²) in [4.78, 5) is 29.2. The minimum absolute atomic E-state index is 0.0572. The molecule has 2 aromatic rings. The highest BCUT2D eigenvalue weighted by molar-refractivity contribution is 5.87. The van der Waals surface area contributed by atoms with Gasteiger partial charge in [-0.25, -0.2) is 4.98 Å². The monoisotopic (exact) mass is 340 g/mol. The van der Waals surface area contributed by atoms with Gasteiger partial charge in [-0.3, -0.25) is 14.9 Å². The zero-order chi connectivity index (χ0) is 18.0. The number of aromatic nitrogens is 1. The third-order valence-electron chi connectivity index (χ3n) is 4.41. The Morgan fingerprint density at radius 3 is 2.68 bits per heavy atom. The van der Waals surface area contributed by atoms with E-state index in [-0.39, 0.29) is 17.4 Å². The molecular formula is C18H20N4O3. The van der Waals surface area contributed by atoms with Gasteiger partial charge in [0, 0.05) is 24.8 Å². The molecule has 2 heterocycles. The zero-order valence-corrected chi connectivity index (χ0v) is 14.2. The Morgan fingerprint density at radius 1 is 1.28 bits per heavy atom. The lowest BCUT2D eigenvalue weighted by atomic mass is 10.1. The number of hydrogen-bond acceptors (Lipinski definition) is 5. The Hall–Kier alpha value is -2.96. The molecule has 25 heavy (non-hydrogen) atoms. The highest BCUT2D eigenvalue weighted by Crippen LogP contribution is 2.28. The fraction of sp³-hybridized carbons (Fsp3) is 0.333. The van der Waals surface area contributed by atoms with Gasteiger partial charge in [-0.15, -0.1) is 0 Å². The van der Waals surface area contributed by atoms with Crippen LogP contribution >= 0.6 is 0 Å². The summed E-state index contributed by atoms with van der Waals surface area (Å²) in [5.41, 5.74) is 2.69. The maximum absolute atomic E-state index is 12.6. The number of amides is 1. The number of nitrogens with one attached hydrogen (secondary N) is 1. The third kappa shape index (κ3) is 3.60. The summed E-state index contributed by atoms with van der Waals surface area (Å²) < 4.78 is 0. The van der Waals surface area contributed by atoms with Crippen LogP contribution in [0, 0.1) is 24.0 Å². The molecule has 1 N–H and O–H groups in total. The molecule has 0 spiro atoms. The number of carbonyl (C=O) groups is 1. The number of nitrogens with zero attached hydrogens (tertiary/aromatic N) is 3. The Balaban J connectivity index is 1.72. The third-order valence-corrected chi connectivity index (χ3v) is 4.41. The number of pyridine rings is 1. The van der Waals surface area contributed by atoms with Gasteiger partial charge in [-0.2, -0.15) is 0 Å². The lowest BCUT2D eigenvalue weighted by molar-refractivity contribution is -0.384. The molecule has 1 aliphatic rings. The Bertz CT molecular complexity index is 804. The summed E-state index contributed by atoms with van der Waals surface area (Å²) in [6.07, 6.45) is 2.10. The first-order chi connectivity index (χ1) is 12.0. The summed E-state index contributed by atoms with van der Waals surface area (Å²) >= 11 is 0. The second-order valence-corrected chi connectivity index (χ2v) is 6.31. The van der Waals surface area contributed by atoms with Gasteiger partial charge in [-0.05, 0) is 31.9 Å². The Labute approximate surface area is 145 Å². The van der Waals surface area contributed by atoms with E-state index in [0.717, 1.165) is 5.56 Å². The number of rotatable bonds is 5. The second kappa shape index (κ2) is 6.88. The van der Waals surface area contributed by atoms with Gasteiger partial charge in [0.1, 0.15) is 6.04 Å². The first kappa shape index (κ1) is 16.9. The van der Waals surface area contributed by atoms with Crippen LogP contribution in [-0.4, -0.2) is 33.3 Å². The zero-order valence-electron chi connectivity index (χ0n) is 14.2. The van der Waals surface area contributed by atoms with Crippen molar-refractivity contribution in [1.29, 1.82) is 0 Å². The summed E-state index contributed by atoms with van der Waals surface area (Å²) in [5.74, 6) is 0.0960. The quantitative estimate of drug-likeness (QED) is 0.668. The molecule has 1 unspecified atom stereocenters. The van der Waals surface area contributed by atoms with E-state index in [4.69, 9.17) is 0 Å². The molecule has 130 valence electrons. The van der Waals surface area contributed by atoms with Crippen molar-refractivity contribution in [3.8, 4) is 0 Å². The van der Waals surface area contributed by atoms with Gasteiger partial charge >= 0.3 is 5.69 Å². The van der Waals surface area contributed by atoms with Crippen molar-refractivity contribution < 1.29 is 9.72 Å². The molecule has 1 saturated heterocycles. The number of hydrogen-bond donors (Lipinski definition) is 1. The van der Waals surface area contributed by atoms with E-state index in [1.54, 1.807) is 17.9 Å². The predicted molar refractivity (Wildman–Crippen MR) is 94.3 cm³/mol. The molecule has 0 saturated carbocycles. The van der Waals surface area contributed by atoms with Crippen LogP contribution in [-0.2, 0) is 11.3 Å². The molecule has 0 radical (unpaired) electrons. The van der Waals surface area contributed by atoms with Crippen molar-refractivity contribution in [2.75, 3.05) is 11.9 Å². The average Bonchev–Trinajstić information content (AvgIpc) is 2.90. The molecule has 1 aliphatic heterocycles. The smallest absolute Gasteiger partial charge is 0.314 e. The highest BCUT2D eigenvalue weighted by atomic mass is 16.6. The fourth-order valence-corrected chi connectivity index (χ4v) is 3.00. The summed E-state index contributed by atoms with van der Waals surface area (Å²) in [6, 6.07) is 9.16. The van der Waals surface area contributed by atoms with E-state index >= 15 is 0 Å². The van der Waals surface area contributed by atoms with Gasteiger partial charge in [0.25, 0.3) is 0 Å². The summed E-state index contributed by atoms with van der Waals surface area (Å²) in [7, 11) is 0. The lowest BCUT2D eigenvalue weighted by Crippen LogP contribution is -2.33. The standard InChI is InChI=1S/C18H20N4O3/c1-12-3-5-14(6-4-12)11-21-10-8-15(18(21)23)20-17-16(22(24)25)13(2)7-9-19-17/h3-7,9,15H,8,10-11H2,1-2H3,(H,19,20). The second-order valence-electron chi connectivity index (χ2n) is 6.31. The van der Waals surface area contributed by atoms with Gasteiger partial charge in [0.15, 0.2) is 0 Å². The van der Waals surface area contributed by atoms with Crippen LogP contribution in [0.3, 0.4) is 0 Å². The van der Waals surface area contributed by atoms with Crippen molar-refractivity contribution in [2.45, 2.75) is 32.9 Å².